The molecule has 1 saturated carbocycles. The monoisotopic (exact) mass is 516 g/mol. The van der Waals surface area contributed by atoms with E-state index >= 15 is 0 Å². The molecule has 0 bridgehead atoms. The number of rotatable bonds is 11. The second-order valence-electron chi connectivity index (χ2n) is 11.0. The van der Waals surface area contributed by atoms with Crippen LogP contribution in [0.15, 0.2) is 0 Å². The third-order valence-corrected chi connectivity index (χ3v) is 6.62. The summed E-state index contributed by atoms with van der Waals surface area (Å²) < 4.78 is 27.1. The fraction of sp³-hybridized carbons (Fsp3) is 0.792. The normalized spacial score (nSPS) is 21.9. The van der Waals surface area contributed by atoms with E-state index in [0.717, 1.165) is 12.8 Å². The summed E-state index contributed by atoms with van der Waals surface area (Å²) in [6, 6.07) is -3.78. The van der Waals surface area contributed by atoms with Crippen LogP contribution >= 0.6 is 0 Å². The number of hydrogen-bond acceptors (Lipinski definition) is 5. The van der Waals surface area contributed by atoms with Crippen LogP contribution in [0.5, 0.6) is 0 Å². The van der Waals surface area contributed by atoms with Crippen molar-refractivity contribution in [3.63, 3.8) is 0 Å². The molecule has 204 valence electrons. The molecule has 2 aliphatic rings. The van der Waals surface area contributed by atoms with Crippen molar-refractivity contribution < 1.29 is 37.9 Å². The van der Waals surface area contributed by atoms with Gasteiger partial charge in [-0.2, -0.15) is 0 Å². The number of nitrogens with zero attached hydrogens (tertiary/aromatic N) is 1. The fourth-order valence-electron chi connectivity index (χ4n) is 4.39. The zero-order valence-corrected chi connectivity index (χ0v) is 21.5. The molecule has 2 fully saturated rings. The lowest BCUT2D eigenvalue weighted by molar-refractivity contribution is -0.144. The molecule has 0 aromatic carbocycles. The van der Waals surface area contributed by atoms with Crippen molar-refractivity contribution in [1.29, 1.82) is 0 Å². The molecular weight excluding hydrogens is 478 g/mol. The molecule has 4 unspecified atom stereocenters. The highest BCUT2D eigenvalue weighted by molar-refractivity contribution is 6.38. The van der Waals surface area contributed by atoms with Crippen molar-refractivity contribution in [2.24, 2.45) is 11.3 Å². The van der Waals surface area contributed by atoms with Crippen molar-refractivity contribution in [3.05, 3.63) is 0 Å². The van der Waals surface area contributed by atoms with E-state index in [1.165, 1.54) is 4.90 Å². The van der Waals surface area contributed by atoms with Crippen LogP contribution in [0.1, 0.15) is 73.1 Å². The van der Waals surface area contributed by atoms with Gasteiger partial charge in [-0.1, -0.05) is 34.1 Å². The van der Waals surface area contributed by atoms with Gasteiger partial charge in [0.15, 0.2) is 0 Å². The second kappa shape index (κ2) is 11.5. The smallest absolute Gasteiger partial charge is 0.405 e. The number of halogens is 2. The van der Waals surface area contributed by atoms with E-state index in [2.05, 4.69) is 16.0 Å². The average molecular weight is 517 g/mol. The lowest BCUT2D eigenvalue weighted by Gasteiger charge is -2.36. The Morgan fingerprint density at radius 1 is 1.03 bits per heavy atom. The summed E-state index contributed by atoms with van der Waals surface area (Å²) in [4.78, 5) is 64.5. The Labute approximate surface area is 209 Å². The van der Waals surface area contributed by atoms with Crippen LogP contribution in [0.4, 0.5) is 13.6 Å². The molecule has 1 aliphatic carbocycles. The molecule has 0 aromatic rings. The van der Waals surface area contributed by atoms with Gasteiger partial charge in [0.05, 0.1) is 6.04 Å². The van der Waals surface area contributed by atoms with Crippen LogP contribution in [-0.4, -0.2) is 76.2 Å². The number of hydrogen-bond donors (Lipinski definition) is 4. The minimum absolute atomic E-state index is 0.131. The van der Waals surface area contributed by atoms with Crippen LogP contribution in [0.25, 0.3) is 0 Å². The van der Waals surface area contributed by atoms with Crippen LogP contribution in [0.3, 0.4) is 0 Å². The summed E-state index contributed by atoms with van der Waals surface area (Å²) >= 11 is 0. The lowest BCUT2D eigenvalue weighted by atomic mass is 9.85. The molecule has 4 atom stereocenters. The number of nitrogens with one attached hydrogen (secondary N) is 3. The van der Waals surface area contributed by atoms with Gasteiger partial charge < -0.3 is 26.0 Å². The van der Waals surface area contributed by atoms with Gasteiger partial charge in [-0.05, 0) is 43.9 Å². The summed E-state index contributed by atoms with van der Waals surface area (Å²) in [6.07, 6.45) is -0.128. The molecule has 0 spiro atoms. The summed E-state index contributed by atoms with van der Waals surface area (Å²) in [5, 5.41) is 16.4. The molecule has 0 radical (unpaired) electrons. The van der Waals surface area contributed by atoms with Crippen molar-refractivity contribution in [3.8, 4) is 0 Å². The maximum atomic E-state index is 13.6. The molecule has 12 heteroatoms. The van der Waals surface area contributed by atoms with Crippen LogP contribution in [0.2, 0.25) is 0 Å². The first-order valence-corrected chi connectivity index (χ1v) is 12.4. The molecule has 0 aromatic heterocycles. The first-order valence-electron chi connectivity index (χ1n) is 12.4. The Morgan fingerprint density at radius 2 is 1.64 bits per heavy atom. The van der Waals surface area contributed by atoms with Crippen molar-refractivity contribution >= 4 is 29.6 Å². The number of carbonyl (C=O) groups excluding carboxylic acids is 4. The molecule has 4 N–H and O–H groups in total. The molecule has 1 heterocycles. The summed E-state index contributed by atoms with van der Waals surface area (Å²) in [6.45, 7) is 7.77. The molecule has 36 heavy (non-hydrogen) atoms. The third kappa shape index (κ3) is 8.12. The van der Waals surface area contributed by atoms with Gasteiger partial charge in [0.2, 0.25) is 23.5 Å². The number of ketones is 1. The standard InChI is InChI=1S/C24H38F2N4O6/c1-6-13-10-12-30(21(34)18(23(2,3)4)29-22(35)36)16(13)19(32)28-15(9-11-24(5,25)26)17(31)20(33)27-14-7-8-14/h13-16,18,29H,6-12H2,1-5H3,(H,27,33)(H,28,32)(H,35,36). The largest absolute Gasteiger partial charge is 0.465 e. The van der Waals surface area contributed by atoms with Gasteiger partial charge in [-0.3, -0.25) is 19.2 Å². The number of carbonyl (C=O) groups is 5. The van der Waals surface area contributed by atoms with E-state index in [-0.39, 0.29) is 18.5 Å². The van der Waals surface area contributed by atoms with Gasteiger partial charge >= 0.3 is 6.09 Å². The summed E-state index contributed by atoms with van der Waals surface area (Å²) in [5.74, 6) is -6.67. The van der Waals surface area contributed by atoms with Crippen molar-refractivity contribution in [1.82, 2.24) is 20.9 Å². The Bertz CT molecular complexity index is 866. The highest BCUT2D eigenvalue weighted by atomic mass is 19.3. The Hall–Kier alpha value is -2.79. The van der Waals surface area contributed by atoms with Gasteiger partial charge in [-0.25, -0.2) is 13.6 Å². The number of amides is 4. The first kappa shape index (κ1) is 29.4. The van der Waals surface area contributed by atoms with Gasteiger partial charge in [0.25, 0.3) is 5.91 Å². The van der Waals surface area contributed by atoms with Gasteiger partial charge in [0, 0.05) is 19.0 Å². The van der Waals surface area contributed by atoms with Crippen molar-refractivity contribution in [2.45, 2.75) is 103 Å². The number of carboxylic acid groups (broad SMARTS) is 1. The molecule has 2 rings (SSSR count). The number of likely N-dealkylation sites (tertiary alicyclic amines) is 1. The van der Waals surface area contributed by atoms with E-state index in [1.807, 2.05) is 6.92 Å². The zero-order chi connectivity index (χ0) is 27.4. The van der Waals surface area contributed by atoms with Gasteiger partial charge in [0.1, 0.15) is 12.1 Å². The SMILES string of the molecule is CCC1CCN(C(=O)C(NC(=O)O)C(C)(C)C)C1C(=O)NC(CCC(C)(F)F)C(=O)C(=O)NC1CC1. The van der Waals surface area contributed by atoms with E-state index in [4.69, 9.17) is 0 Å². The summed E-state index contributed by atoms with van der Waals surface area (Å²) in [7, 11) is 0. The molecule has 1 aliphatic heterocycles. The maximum absolute atomic E-state index is 13.6. The Kier molecular flexibility index (Phi) is 9.41. The van der Waals surface area contributed by atoms with E-state index in [0.29, 0.717) is 19.8 Å². The zero-order valence-electron chi connectivity index (χ0n) is 21.5. The fourth-order valence-corrected chi connectivity index (χ4v) is 4.39. The predicted molar refractivity (Wildman–Crippen MR) is 126 cm³/mol. The lowest BCUT2D eigenvalue weighted by Crippen LogP contribution is -2.59. The highest BCUT2D eigenvalue weighted by Crippen LogP contribution is 2.31. The van der Waals surface area contributed by atoms with Crippen LogP contribution < -0.4 is 16.0 Å². The first-order chi connectivity index (χ1) is 16.5. The molecule has 1 saturated heterocycles. The van der Waals surface area contributed by atoms with Crippen LogP contribution in [0, 0.1) is 11.3 Å². The third-order valence-electron chi connectivity index (χ3n) is 6.62. The van der Waals surface area contributed by atoms with Crippen LogP contribution in [-0.2, 0) is 19.2 Å². The topological polar surface area (TPSA) is 145 Å². The Morgan fingerprint density at radius 3 is 2.11 bits per heavy atom. The minimum Gasteiger partial charge on any atom is -0.465 e. The second-order valence-corrected chi connectivity index (χ2v) is 11.0. The quantitative estimate of drug-likeness (QED) is 0.310. The number of alkyl halides is 2. The average Bonchev–Trinajstić information content (AvgIpc) is 3.46. The maximum Gasteiger partial charge on any atom is 0.405 e. The van der Waals surface area contributed by atoms with E-state index < -0.39 is 71.9 Å². The minimum atomic E-state index is -3.11. The van der Waals surface area contributed by atoms with Crippen molar-refractivity contribution in [2.75, 3.05) is 6.54 Å². The molecular formula is C24H38F2N4O6. The number of Topliss-reactive ketones (excluding diaryl/α,β-unsaturated/α-hetero) is 1. The predicted octanol–water partition coefficient (Wildman–Crippen LogP) is 2.06. The van der Waals surface area contributed by atoms with Gasteiger partial charge in [-0.15, -0.1) is 0 Å². The molecule has 10 nitrogen and oxygen atoms in total. The van der Waals surface area contributed by atoms with E-state index in [9.17, 15) is 37.9 Å². The highest BCUT2D eigenvalue weighted by Gasteiger charge is 2.46. The van der Waals surface area contributed by atoms with E-state index in [1.54, 1.807) is 20.8 Å². The molecule has 4 amide bonds. The Balaban J connectivity index is 2.27. The summed E-state index contributed by atoms with van der Waals surface area (Å²) in [5.41, 5.74) is -0.799.